The summed E-state index contributed by atoms with van der Waals surface area (Å²) in [4.78, 5) is 163. The second-order valence-corrected chi connectivity index (χ2v) is 19.4. The molecule has 0 aliphatic carbocycles. The largest absolute Gasteiger partial charge is 0.481 e. The monoisotopic (exact) mass is 1200 g/mol. The van der Waals surface area contributed by atoms with Gasteiger partial charge in [0.15, 0.2) is 12.6 Å². The van der Waals surface area contributed by atoms with Crippen LogP contribution in [0, 0.1) is 0 Å². The van der Waals surface area contributed by atoms with Crippen LogP contribution in [0.15, 0.2) is 0 Å². The predicted octanol–water partition coefficient (Wildman–Crippen LogP) is -10.1. The molecule has 2 saturated heterocycles. The number of aliphatic hydroxyl groups is 5. The van der Waals surface area contributed by atoms with Gasteiger partial charge in [0.2, 0.25) is 59.1 Å². The van der Waals surface area contributed by atoms with E-state index < -0.39 is 226 Å². The van der Waals surface area contributed by atoms with Crippen LogP contribution in [-0.4, -0.2) is 249 Å². The summed E-state index contributed by atoms with van der Waals surface area (Å²) in [5.74, 6) is -13.3. The van der Waals surface area contributed by atoms with E-state index in [2.05, 4.69) is 47.9 Å². The Morgan fingerprint density at radius 1 is 0.614 bits per heavy atom. The third-order valence-corrected chi connectivity index (χ3v) is 12.5. The van der Waals surface area contributed by atoms with Crippen molar-refractivity contribution >= 4 is 77.0 Å². The molecular formula is C47H77N11O25. The normalized spacial score (nSPS) is 25.0. The average Bonchev–Trinajstić information content (AvgIpc) is 3.57. The van der Waals surface area contributed by atoms with Crippen molar-refractivity contribution in [3.05, 3.63) is 0 Å². The maximum Gasteiger partial charge on any atom is 0.325 e. The van der Waals surface area contributed by atoms with Crippen LogP contribution in [0.25, 0.3) is 0 Å². The number of aliphatic hydroxyl groups excluding tert-OH is 5. The Hall–Kier alpha value is -7.29. The van der Waals surface area contributed by atoms with Crippen molar-refractivity contribution in [3.63, 3.8) is 0 Å². The number of carboxylic acids is 2. The predicted molar refractivity (Wildman–Crippen MR) is 274 cm³/mol. The maximum absolute atomic E-state index is 13.7. The van der Waals surface area contributed by atoms with E-state index in [0.717, 1.165) is 41.5 Å². The molecule has 10 amide bonds. The fourth-order valence-corrected chi connectivity index (χ4v) is 7.97. The van der Waals surface area contributed by atoms with E-state index in [1.807, 2.05) is 0 Å². The van der Waals surface area contributed by atoms with Gasteiger partial charge in [-0.05, 0) is 47.0 Å². The molecule has 18 atom stereocenters. The average molecular weight is 1200 g/mol. The molecule has 2 aliphatic heterocycles. The van der Waals surface area contributed by atoms with Crippen LogP contribution in [0.3, 0.4) is 0 Å². The zero-order valence-electron chi connectivity index (χ0n) is 46.4. The molecule has 20 N–H and O–H groups in total. The highest BCUT2D eigenvalue weighted by molar-refractivity contribution is 5.95. The SMILES string of the molecule is CC(=O)NC1C(OC2C(COC(C)=O)OC(O)C(NC(C)=O)C2OC(C)C(=O)NC(C)C(=O)NC(CCC(=O)NC(CCCNC(=O)C(CO)NC(=O)C(N)CC(=O)O)C(=O)NC(C)C(=O)NC(C)C(=O)O)C(N)=O)OC(CO)C(O)C1O. The van der Waals surface area contributed by atoms with Gasteiger partial charge in [-0.15, -0.1) is 0 Å². The first-order chi connectivity index (χ1) is 38.7. The van der Waals surface area contributed by atoms with Crippen molar-refractivity contribution in [1.82, 2.24) is 47.9 Å². The van der Waals surface area contributed by atoms with Crippen molar-refractivity contribution < 1.29 is 122 Å². The van der Waals surface area contributed by atoms with Crippen molar-refractivity contribution in [3.8, 4) is 0 Å². The molecular weight excluding hydrogens is 1120 g/mol. The number of primary amides is 1. The van der Waals surface area contributed by atoms with E-state index in [-0.39, 0.29) is 19.4 Å². The van der Waals surface area contributed by atoms with Crippen molar-refractivity contribution in [2.45, 2.75) is 190 Å². The molecule has 0 spiro atoms. The fraction of sp³-hybridized carbons (Fsp3) is 0.723. The summed E-state index contributed by atoms with van der Waals surface area (Å²) in [6, 6.07) is -13.7. The molecule has 18 unspecified atom stereocenters. The number of hydrogen-bond acceptors (Lipinski definition) is 24. The first-order valence-electron chi connectivity index (χ1n) is 25.9. The summed E-state index contributed by atoms with van der Waals surface area (Å²) in [6.07, 6.45) is -17.8. The highest BCUT2D eigenvalue weighted by Crippen LogP contribution is 2.31. The summed E-state index contributed by atoms with van der Waals surface area (Å²) in [5.41, 5.74) is 11.1. The molecule has 0 saturated carbocycles. The van der Waals surface area contributed by atoms with Crippen LogP contribution in [0.5, 0.6) is 0 Å². The smallest absolute Gasteiger partial charge is 0.325 e. The number of nitrogens with one attached hydrogen (secondary N) is 9. The molecule has 2 heterocycles. The number of aliphatic carboxylic acids is 2. The Kier molecular flexibility index (Phi) is 29.7. The van der Waals surface area contributed by atoms with Crippen LogP contribution in [0.1, 0.15) is 80.6 Å². The summed E-state index contributed by atoms with van der Waals surface area (Å²) in [7, 11) is 0. The van der Waals surface area contributed by atoms with Gasteiger partial charge in [0, 0.05) is 33.7 Å². The molecule has 0 aromatic carbocycles. The lowest BCUT2D eigenvalue weighted by Gasteiger charge is -2.48. The number of hydrogen-bond donors (Lipinski definition) is 18. The van der Waals surface area contributed by atoms with Gasteiger partial charge < -0.3 is 119 Å². The molecule has 83 heavy (non-hydrogen) atoms. The van der Waals surface area contributed by atoms with E-state index in [1.54, 1.807) is 0 Å². The first-order valence-corrected chi connectivity index (χ1v) is 25.9. The highest BCUT2D eigenvalue weighted by atomic mass is 16.7. The molecule has 2 aliphatic rings. The molecule has 0 aromatic rings. The molecule has 2 fully saturated rings. The van der Waals surface area contributed by atoms with Crippen molar-refractivity contribution in [1.29, 1.82) is 0 Å². The molecule has 470 valence electrons. The topological polar surface area (TPSA) is 570 Å². The number of carbonyl (C=O) groups excluding carboxylic acids is 11. The van der Waals surface area contributed by atoms with Gasteiger partial charge in [-0.2, -0.15) is 0 Å². The van der Waals surface area contributed by atoms with Gasteiger partial charge in [0.05, 0.1) is 25.7 Å². The minimum atomic E-state index is -1.97. The van der Waals surface area contributed by atoms with Crippen molar-refractivity contribution in [2.24, 2.45) is 11.5 Å². The number of amides is 10. The van der Waals surface area contributed by atoms with Crippen LogP contribution in [-0.2, 0) is 86.0 Å². The van der Waals surface area contributed by atoms with Gasteiger partial charge in [0.25, 0.3) is 0 Å². The van der Waals surface area contributed by atoms with Gasteiger partial charge in [-0.3, -0.25) is 62.3 Å². The molecule has 36 nitrogen and oxygen atoms in total. The molecule has 0 bridgehead atoms. The Bertz CT molecular complexity index is 2320. The number of carbonyl (C=O) groups is 13. The number of esters is 1. The van der Waals surface area contributed by atoms with Gasteiger partial charge in [-0.1, -0.05) is 0 Å². The van der Waals surface area contributed by atoms with E-state index >= 15 is 0 Å². The Balaban J connectivity index is 2.28. The number of nitrogens with two attached hydrogens (primary N) is 2. The fourth-order valence-electron chi connectivity index (χ4n) is 7.97. The lowest BCUT2D eigenvalue weighted by atomic mass is 9.94. The summed E-state index contributed by atoms with van der Waals surface area (Å²) in [5, 5.41) is 91.0. The van der Waals surface area contributed by atoms with Crippen LogP contribution in [0.4, 0.5) is 0 Å². The van der Waals surface area contributed by atoms with Gasteiger partial charge in [-0.25, -0.2) is 0 Å². The second kappa shape index (κ2) is 34.3. The van der Waals surface area contributed by atoms with Gasteiger partial charge >= 0.3 is 17.9 Å². The summed E-state index contributed by atoms with van der Waals surface area (Å²) >= 11 is 0. The van der Waals surface area contributed by atoms with Crippen LogP contribution in [0.2, 0.25) is 0 Å². The zero-order valence-corrected chi connectivity index (χ0v) is 46.4. The standard InChI is InChI=1S/C47H77N11O25/c1-17(39(70)53-19(3)45(76)77)52-44(75)26(9-8-12-50-43(74)27(14-59)58-42(73)24(48)13-31(65)66)56-30(64)11-10-25(38(49)69)57-40(71)18(2)51-41(72)20(4)80-37-33(55-22(6)62)46(78)81-29(16-79-23(7)63)36(37)83-47-32(54-21(5)61)35(68)34(67)28(15-60)82-47/h17-20,24-29,32-37,46-47,59-60,67-68,78H,8-16,48H2,1-7H3,(H2,49,69)(H,50,74)(H,51,72)(H,52,75)(H,53,70)(H,54,61)(H,55,62)(H,56,64)(H,57,71)(H,58,73)(H,65,66)(H,76,77). The van der Waals surface area contributed by atoms with E-state index in [1.165, 1.54) is 6.92 Å². The van der Waals surface area contributed by atoms with E-state index in [0.29, 0.717) is 0 Å². The number of rotatable bonds is 33. The third kappa shape index (κ3) is 23.5. The zero-order chi connectivity index (χ0) is 63.2. The Labute approximate surface area is 473 Å². The van der Waals surface area contributed by atoms with Gasteiger partial charge in [0.1, 0.15) is 97.7 Å². The Morgan fingerprint density at radius 3 is 1.72 bits per heavy atom. The third-order valence-electron chi connectivity index (χ3n) is 12.5. The minimum Gasteiger partial charge on any atom is -0.481 e. The number of ether oxygens (including phenoxy) is 5. The van der Waals surface area contributed by atoms with Crippen molar-refractivity contribution in [2.75, 3.05) is 26.4 Å². The molecule has 2 rings (SSSR count). The second-order valence-electron chi connectivity index (χ2n) is 19.4. The summed E-state index contributed by atoms with van der Waals surface area (Å²) in [6.45, 7) is 5.08. The minimum absolute atomic E-state index is 0.116. The quantitative estimate of drug-likeness (QED) is 0.0214. The molecule has 36 heteroatoms. The lowest BCUT2D eigenvalue weighted by molar-refractivity contribution is -0.333. The lowest BCUT2D eigenvalue weighted by Crippen LogP contribution is -2.70. The van der Waals surface area contributed by atoms with Crippen LogP contribution < -0.4 is 59.3 Å². The first kappa shape index (κ1) is 71.8. The number of carboxylic acid groups (broad SMARTS) is 2. The van der Waals surface area contributed by atoms with E-state index in [9.17, 15) is 93.0 Å². The van der Waals surface area contributed by atoms with E-state index in [4.69, 9.17) is 40.3 Å². The summed E-state index contributed by atoms with van der Waals surface area (Å²) < 4.78 is 28.7. The Morgan fingerprint density at radius 2 is 1.18 bits per heavy atom. The highest BCUT2D eigenvalue weighted by Gasteiger charge is 2.53. The molecule has 0 aromatic heterocycles. The van der Waals surface area contributed by atoms with Crippen LogP contribution >= 0.6 is 0 Å². The maximum atomic E-state index is 13.7. The molecule has 0 radical (unpaired) electrons.